The van der Waals surface area contributed by atoms with Crippen LogP contribution in [0, 0.1) is 13.8 Å². The van der Waals surface area contributed by atoms with Gasteiger partial charge in [-0.25, -0.2) is 9.36 Å². The second kappa shape index (κ2) is 8.55. The number of aromatic nitrogens is 4. The summed E-state index contributed by atoms with van der Waals surface area (Å²) in [6.45, 7) is 4.70. The summed E-state index contributed by atoms with van der Waals surface area (Å²) in [6.07, 6.45) is 3.59. The van der Waals surface area contributed by atoms with Crippen LogP contribution < -0.4 is 5.32 Å². The zero-order valence-corrected chi connectivity index (χ0v) is 17.6. The molecular weight excluding hydrogens is 398 g/mol. The maximum absolute atomic E-state index is 12.9. The van der Waals surface area contributed by atoms with Gasteiger partial charge in [0.2, 0.25) is 0 Å². The molecule has 0 aliphatic rings. The van der Waals surface area contributed by atoms with Crippen molar-refractivity contribution >= 4 is 17.5 Å². The molecule has 2 aromatic heterocycles. The van der Waals surface area contributed by atoms with Crippen LogP contribution in [0.4, 0.5) is 0 Å². The number of carbonyl (C=O) groups excluding carboxylic acids is 1. The van der Waals surface area contributed by atoms with Crippen molar-refractivity contribution in [1.82, 2.24) is 24.9 Å². The zero-order valence-electron chi connectivity index (χ0n) is 16.8. The summed E-state index contributed by atoms with van der Waals surface area (Å²) >= 11 is 6.53. The maximum atomic E-state index is 12.9. The molecule has 0 aliphatic carbocycles. The van der Waals surface area contributed by atoms with Crippen molar-refractivity contribution in [2.24, 2.45) is 0 Å². The molecule has 7 heteroatoms. The Bertz CT molecular complexity index is 1160. The highest BCUT2D eigenvalue weighted by Gasteiger charge is 2.20. The van der Waals surface area contributed by atoms with Gasteiger partial charge in [0.1, 0.15) is 5.15 Å². The van der Waals surface area contributed by atoms with Crippen molar-refractivity contribution in [1.29, 1.82) is 0 Å². The van der Waals surface area contributed by atoms with Crippen LogP contribution in [0.15, 0.2) is 67.0 Å². The highest BCUT2D eigenvalue weighted by molar-refractivity contribution is 6.33. The Balaban J connectivity index is 1.51. The van der Waals surface area contributed by atoms with E-state index in [-0.39, 0.29) is 5.91 Å². The first kappa shape index (κ1) is 19.9. The van der Waals surface area contributed by atoms with Crippen molar-refractivity contribution in [2.75, 3.05) is 0 Å². The Morgan fingerprint density at radius 2 is 1.83 bits per heavy atom. The molecule has 0 saturated heterocycles. The summed E-state index contributed by atoms with van der Waals surface area (Å²) in [5.41, 5.74) is 5.14. The summed E-state index contributed by atoms with van der Waals surface area (Å²) in [5, 5.41) is 12.1. The van der Waals surface area contributed by atoms with Crippen molar-refractivity contribution in [3.8, 4) is 5.69 Å². The van der Waals surface area contributed by atoms with Crippen LogP contribution in [-0.2, 0) is 13.1 Å². The van der Waals surface area contributed by atoms with Crippen LogP contribution in [0.25, 0.3) is 5.69 Å². The molecule has 0 aliphatic heterocycles. The minimum Gasteiger partial charge on any atom is -0.348 e. The highest BCUT2D eigenvalue weighted by atomic mass is 35.5. The van der Waals surface area contributed by atoms with Gasteiger partial charge in [-0.2, -0.15) is 10.2 Å². The molecule has 0 atom stereocenters. The molecule has 0 radical (unpaired) electrons. The van der Waals surface area contributed by atoms with Gasteiger partial charge >= 0.3 is 0 Å². The number of hydrogen-bond acceptors (Lipinski definition) is 3. The van der Waals surface area contributed by atoms with Crippen LogP contribution in [0.1, 0.15) is 32.7 Å². The molecule has 4 rings (SSSR count). The Labute approximate surface area is 180 Å². The van der Waals surface area contributed by atoms with E-state index in [2.05, 4.69) is 15.5 Å². The van der Waals surface area contributed by atoms with E-state index in [9.17, 15) is 4.79 Å². The molecule has 1 amide bonds. The monoisotopic (exact) mass is 419 g/mol. The lowest BCUT2D eigenvalue weighted by atomic mass is 10.1. The largest absolute Gasteiger partial charge is 0.348 e. The van der Waals surface area contributed by atoms with Crippen molar-refractivity contribution in [3.05, 3.63) is 100 Å². The molecule has 2 aromatic carbocycles. The van der Waals surface area contributed by atoms with Gasteiger partial charge in [0.05, 0.1) is 23.5 Å². The lowest BCUT2D eigenvalue weighted by molar-refractivity contribution is 0.0950. The normalized spacial score (nSPS) is 10.9. The Kier molecular flexibility index (Phi) is 5.68. The minimum atomic E-state index is -0.247. The lowest BCUT2D eigenvalue weighted by Gasteiger charge is -2.11. The quantitative estimate of drug-likeness (QED) is 0.506. The van der Waals surface area contributed by atoms with Crippen LogP contribution in [0.3, 0.4) is 0 Å². The fourth-order valence-electron chi connectivity index (χ4n) is 3.34. The van der Waals surface area contributed by atoms with Crippen LogP contribution in [0.2, 0.25) is 5.15 Å². The van der Waals surface area contributed by atoms with Gasteiger partial charge < -0.3 is 5.32 Å². The van der Waals surface area contributed by atoms with E-state index in [0.717, 1.165) is 16.8 Å². The number of nitrogens with zero attached hydrogens (tertiary/aromatic N) is 4. The number of hydrogen-bond donors (Lipinski definition) is 1. The second-order valence-corrected chi connectivity index (χ2v) is 7.51. The number of rotatable bonds is 6. The lowest BCUT2D eigenvalue weighted by Crippen LogP contribution is -2.24. The van der Waals surface area contributed by atoms with Crippen molar-refractivity contribution < 1.29 is 4.79 Å². The Morgan fingerprint density at radius 1 is 1.07 bits per heavy atom. The van der Waals surface area contributed by atoms with Gasteiger partial charge in [0, 0.05) is 18.9 Å². The van der Waals surface area contributed by atoms with Gasteiger partial charge in [-0.15, -0.1) is 0 Å². The molecule has 0 saturated carbocycles. The zero-order chi connectivity index (χ0) is 21.1. The standard InChI is InChI=1S/C23H22ClN5O/c1-16-8-10-18(11-9-16)15-29-22(24)21(17(2)27-29)23(30)25-14-19-6-3-4-7-20(19)28-13-5-12-26-28/h3-13H,14-15H2,1-2H3,(H,25,30). The van der Waals surface area contributed by atoms with E-state index in [0.29, 0.717) is 29.5 Å². The highest BCUT2D eigenvalue weighted by Crippen LogP contribution is 2.22. The predicted octanol–water partition coefficient (Wildman–Crippen LogP) is 4.32. The van der Waals surface area contributed by atoms with Gasteiger partial charge in [0.15, 0.2) is 0 Å². The van der Waals surface area contributed by atoms with Gasteiger partial charge in [-0.1, -0.05) is 59.6 Å². The molecule has 0 bridgehead atoms. The van der Waals surface area contributed by atoms with E-state index in [1.807, 2.05) is 67.7 Å². The summed E-state index contributed by atoms with van der Waals surface area (Å²) in [4.78, 5) is 12.9. The van der Waals surface area contributed by atoms with E-state index in [1.54, 1.807) is 22.5 Å². The van der Waals surface area contributed by atoms with Crippen LogP contribution in [-0.4, -0.2) is 25.5 Å². The fourth-order valence-corrected chi connectivity index (χ4v) is 3.66. The van der Waals surface area contributed by atoms with Crippen LogP contribution >= 0.6 is 11.6 Å². The number of nitrogens with one attached hydrogen (secondary N) is 1. The molecule has 0 unspecified atom stereocenters. The third kappa shape index (κ3) is 4.14. The van der Waals surface area contributed by atoms with Crippen LogP contribution in [0.5, 0.6) is 0 Å². The molecular formula is C23H22ClN5O. The van der Waals surface area contributed by atoms with E-state index >= 15 is 0 Å². The number of carbonyl (C=O) groups is 1. The van der Waals surface area contributed by atoms with Gasteiger partial charge in [-0.3, -0.25) is 4.79 Å². The average Bonchev–Trinajstić information content (AvgIpc) is 3.37. The van der Waals surface area contributed by atoms with E-state index in [1.165, 1.54) is 5.56 Å². The molecule has 4 aromatic rings. The number of halogens is 1. The molecule has 6 nitrogen and oxygen atoms in total. The maximum Gasteiger partial charge on any atom is 0.256 e. The minimum absolute atomic E-state index is 0.247. The Hall–Kier alpha value is -3.38. The fraction of sp³-hybridized carbons (Fsp3) is 0.174. The summed E-state index contributed by atoms with van der Waals surface area (Å²) in [7, 11) is 0. The first-order chi connectivity index (χ1) is 14.5. The SMILES string of the molecule is Cc1ccc(Cn2nc(C)c(C(=O)NCc3ccccc3-n3cccn3)c2Cl)cc1. The second-order valence-electron chi connectivity index (χ2n) is 7.16. The smallest absolute Gasteiger partial charge is 0.256 e. The molecule has 2 heterocycles. The molecule has 0 spiro atoms. The molecule has 152 valence electrons. The van der Waals surface area contributed by atoms with E-state index < -0.39 is 0 Å². The Morgan fingerprint density at radius 3 is 2.57 bits per heavy atom. The average molecular weight is 420 g/mol. The first-order valence-corrected chi connectivity index (χ1v) is 10.1. The topological polar surface area (TPSA) is 64.7 Å². The van der Waals surface area contributed by atoms with Gasteiger partial charge in [0.25, 0.3) is 5.91 Å². The third-order valence-electron chi connectivity index (χ3n) is 4.93. The summed E-state index contributed by atoms with van der Waals surface area (Å²) < 4.78 is 3.44. The molecule has 1 N–H and O–H groups in total. The molecule has 0 fully saturated rings. The third-order valence-corrected chi connectivity index (χ3v) is 5.31. The summed E-state index contributed by atoms with van der Waals surface area (Å²) in [6, 6.07) is 17.8. The number of para-hydroxylation sites is 1. The first-order valence-electron chi connectivity index (χ1n) is 9.67. The number of aryl methyl sites for hydroxylation is 2. The molecule has 30 heavy (non-hydrogen) atoms. The van der Waals surface area contributed by atoms with Crippen molar-refractivity contribution in [3.63, 3.8) is 0 Å². The predicted molar refractivity (Wildman–Crippen MR) is 117 cm³/mol. The van der Waals surface area contributed by atoms with E-state index in [4.69, 9.17) is 11.6 Å². The van der Waals surface area contributed by atoms with Gasteiger partial charge in [-0.05, 0) is 37.1 Å². The number of benzene rings is 2. The summed E-state index contributed by atoms with van der Waals surface area (Å²) in [5.74, 6) is -0.247. The number of amides is 1. The van der Waals surface area contributed by atoms with Crippen molar-refractivity contribution in [2.45, 2.75) is 26.9 Å².